The van der Waals surface area contributed by atoms with Crippen molar-refractivity contribution in [3.63, 3.8) is 0 Å². The molecule has 0 unspecified atom stereocenters. The first-order chi connectivity index (χ1) is 12.7. The standard InChI is InChI=1S/C21H28N4O/c1-24(21(26)18-7-5-17(16-22)6-8-18)20-10-14-25(15-11-20)13-9-19-4-2-3-12-23-19/h2-8,12,20H,9-11,13-16,22H2,1H3. The molecular weight excluding hydrogens is 324 g/mol. The Kier molecular flexibility index (Phi) is 6.36. The first-order valence-electron chi connectivity index (χ1n) is 9.36. The third-order valence-electron chi connectivity index (χ3n) is 5.27. The van der Waals surface area contributed by atoms with Gasteiger partial charge < -0.3 is 15.5 Å². The molecule has 0 radical (unpaired) electrons. The molecule has 0 bridgehead atoms. The van der Waals surface area contributed by atoms with Crippen molar-refractivity contribution in [2.75, 3.05) is 26.7 Å². The van der Waals surface area contributed by atoms with E-state index in [0.29, 0.717) is 12.6 Å². The molecule has 0 aliphatic carbocycles. The van der Waals surface area contributed by atoms with Crippen LogP contribution >= 0.6 is 0 Å². The number of nitrogens with two attached hydrogens (primary N) is 1. The van der Waals surface area contributed by atoms with Gasteiger partial charge in [-0.1, -0.05) is 18.2 Å². The van der Waals surface area contributed by atoms with Crippen LogP contribution in [0.2, 0.25) is 0 Å². The molecule has 2 heterocycles. The van der Waals surface area contributed by atoms with Gasteiger partial charge in [0.05, 0.1) is 0 Å². The lowest BCUT2D eigenvalue weighted by Crippen LogP contribution is -2.46. The Hall–Kier alpha value is -2.24. The molecule has 1 amide bonds. The van der Waals surface area contributed by atoms with Crippen LogP contribution in [-0.2, 0) is 13.0 Å². The number of rotatable bonds is 6. The normalized spacial score (nSPS) is 15.8. The van der Waals surface area contributed by atoms with Crippen molar-refractivity contribution in [1.82, 2.24) is 14.8 Å². The summed E-state index contributed by atoms with van der Waals surface area (Å²) in [5.41, 5.74) is 8.55. The summed E-state index contributed by atoms with van der Waals surface area (Å²) in [6.45, 7) is 3.59. The second-order valence-electron chi connectivity index (χ2n) is 6.96. The summed E-state index contributed by atoms with van der Waals surface area (Å²) in [5.74, 6) is 0.0977. The number of hydrogen-bond donors (Lipinski definition) is 1. The van der Waals surface area contributed by atoms with Crippen LogP contribution in [0, 0.1) is 0 Å². The fourth-order valence-electron chi connectivity index (χ4n) is 3.50. The van der Waals surface area contributed by atoms with Gasteiger partial charge >= 0.3 is 0 Å². The lowest BCUT2D eigenvalue weighted by Gasteiger charge is -2.36. The smallest absolute Gasteiger partial charge is 0.253 e. The molecule has 1 saturated heterocycles. The zero-order valence-electron chi connectivity index (χ0n) is 15.5. The minimum Gasteiger partial charge on any atom is -0.339 e. The molecule has 0 spiro atoms. The van der Waals surface area contributed by atoms with Crippen molar-refractivity contribution in [1.29, 1.82) is 0 Å². The van der Waals surface area contributed by atoms with E-state index in [1.807, 2.05) is 54.5 Å². The van der Waals surface area contributed by atoms with Crippen molar-refractivity contribution in [2.24, 2.45) is 5.73 Å². The van der Waals surface area contributed by atoms with E-state index >= 15 is 0 Å². The third-order valence-corrected chi connectivity index (χ3v) is 5.27. The highest BCUT2D eigenvalue weighted by molar-refractivity contribution is 5.94. The van der Waals surface area contributed by atoms with Gasteiger partial charge in [-0.2, -0.15) is 0 Å². The molecule has 5 nitrogen and oxygen atoms in total. The van der Waals surface area contributed by atoms with Crippen LogP contribution in [0.1, 0.15) is 34.5 Å². The predicted molar refractivity (Wildman–Crippen MR) is 104 cm³/mol. The summed E-state index contributed by atoms with van der Waals surface area (Å²) in [6.07, 6.45) is 4.87. The highest BCUT2D eigenvalue weighted by Crippen LogP contribution is 2.18. The van der Waals surface area contributed by atoms with E-state index < -0.39 is 0 Å². The molecule has 1 aromatic heterocycles. The Labute approximate surface area is 155 Å². The zero-order valence-corrected chi connectivity index (χ0v) is 15.5. The molecule has 26 heavy (non-hydrogen) atoms. The van der Waals surface area contributed by atoms with Crippen LogP contribution in [0.3, 0.4) is 0 Å². The molecule has 1 aromatic carbocycles. The third kappa shape index (κ3) is 4.68. The number of amides is 1. The minimum absolute atomic E-state index is 0.0977. The van der Waals surface area contributed by atoms with Gasteiger partial charge in [0, 0.05) is 63.1 Å². The first kappa shape index (κ1) is 18.5. The first-order valence-corrected chi connectivity index (χ1v) is 9.36. The van der Waals surface area contributed by atoms with Gasteiger partial charge in [0.15, 0.2) is 0 Å². The van der Waals surface area contributed by atoms with Gasteiger partial charge in [0.1, 0.15) is 0 Å². The zero-order chi connectivity index (χ0) is 18.4. The molecular formula is C21H28N4O. The maximum atomic E-state index is 12.7. The average Bonchev–Trinajstić information content (AvgIpc) is 2.72. The summed E-state index contributed by atoms with van der Waals surface area (Å²) in [7, 11) is 1.92. The Morgan fingerprint density at radius 1 is 1.19 bits per heavy atom. The van der Waals surface area contributed by atoms with Crippen molar-refractivity contribution in [2.45, 2.75) is 31.8 Å². The second kappa shape index (κ2) is 8.92. The quantitative estimate of drug-likeness (QED) is 0.867. The molecule has 1 fully saturated rings. The average molecular weight is 352 g/mol. The van der Waals surface area contributed by atoms with E-state index in [-0.39, 0.29) is 5.91 Å². The van der Waals surface area contributed by atoms with Gasteiger partial charge in [-0.05, 0) is 42.7 Å². The monoisotopic (exact) mass is 352 g/mol. The summed E-state index contributed by atoms with van der Waals surface area (Å²) in [4.78, 5) is 21.5. The molecule has 2 N–H and O–H groups in total. The van der Waals surface area contributed by atoms with Crippen molar-refractivity contribution in [3.8, 4) is 0 Å². The van der Waals surface area contributed by atoms with Crippen molar-refractivity contribution in [3.05, 3.63) is 65.5 Å². The Morgan fingerprint density at radius 3 is 2.54 bits per heavy atom. The summed E-state index contributed by atoms with van der Waals surface area (Å²) < 4.78 is 0. The van der Waals surface area contributed by atoms with Crippen LogP contribution in [0.15, 0.2) is 48.7 Å². The lowest BCUT2D eigenvalue weighted by atomic mass is 10.0. The Morgan fingerprint density at radius 2 is 1.92 bits per heavy atom. The van der Waals surface area contributed by atoms with Crippen molar-refractivity contribution >= 4 is 5.91 Å². The van der Waals surface area contributed by atoms with Crippen LogP contribution in [0.4, 0.5) is 0 Å². The van der Waals surface area contributed by atoms with E-state index in [4.69, 9.17) is 5.73 Å². The number of likely N-dealkylation sites (tertiary alicyclic amines) is 1. The highest BCUT2D eigenvalue weighted by Gasteiger charge is 2.25. The summed E-state index contributed by atoms with van der Waals surface area (Å²) in [5, 5.41) is 0. The van der Waals surface area contributed by atoms with E-state index in [0.717, 1.165) is 55.7 Å². The second-order valence-corrected chi connectivity index (χ2v) is 6.96. The SMILES string of the molecule is CN(C(=O)c1ccc(CN)cc1)C1CCN(CCc2ccccn2)CC1. The molecule has 138 valence electrons. The molecule has 5 heteroatoms. The van der Waals surface area contributed by atoms with E-state index in [1.54, 1.807) is 0 Å². The lowest BCUT2D eigenvalue weighted by molar-refractivity contribution is 0.0643. The van der Waals surface area contributed by atoms with Crippen LogP contribution in [0.25, 0.3) is 0 Å². The van der Waals surface area contributed by atoms with E-state index in [2.05, 4.69) is 16.0 Å². The number of pyridine rings is 1. The number of hydrogen-bond acceptors (Lipinski definition) is 4. The van der Waals surface area contributed by atoms with Crippen LogP contribution < -0.4 is 5.73 Å². The molecule has 3 rings (SSSR count). The molecule has 1 aliphatic rings. The molecule has 0 atom stereocenters. The number of nitrogens with zero attached hydrogens (tertiary/aromatic N) is 3. The number of carbonyl (C=O) groups excluding carboxylic acids is 1. The topological polar surface area (TPSA) is 62.5 Å². The maximum absolute atomic E-state index is 12.7. The minimum atomic E-state index is 0.0977. The van der Waals surface area contributed by atoms with Crippen molar-refractivity contribution < 1.29 is 4.79 Å². The molecule has 2 aromatic rings. The number of aromatic nitrogens is 1. The van der Waals surface area contributed by atoms with Gasteiger partial charge in [0.2, 0.25) is 0 Å². The molecule has 0 saturated carbocycles. The Bertz CT molecular complexity index is 694. The van der Waals surface area contributed by atoms with E-state index in [1.165, 1.54) is 0 Å². The molecule has 1 aliphatic heterocycles. The number of benzene rings is 1. The van der Waals surface area contributed by atoms with Gasteiger partial charge in [0.25, 0.3) is 5.91 Å². The Balaban J connectivity index is 1.48. The summed E-state index contributed by atoms with van der Waals surface area (Å²) >= 11 is 0. The fourth-order valence-corrected chi connectivity index (χ4v) is 3.50. The predicted octanol–water partition coefficient (Wildman–Crippen LogP) is 2.32. The van der Waals surface area contributed by atoms with Gasteiger partial charge in [-0.25, -0.2) is 0 Å². The number of carbonyl (C=O) groups is 1. The highest BCUT2D eigenvalue weighted by atomic mass is 16.2. The van der Waals surface area contributed by atoms with Crippen LogP contribution in [0.5, 0.6) is 0 Å². The van der Waals surface area contributed by atoms with Gasteiger partial charge in [-0.15, -0.1) is 0 Å². The fraction of sp³-hybridized carbons (Fsp3) is 0.429. The summed E-state index contributed by atoms with van der Waals surface area (Å²) in [6, 6.07) is 14.0. The largest absolute Gasteiger partial charge is 0.339 e. The number of piperidine rings is 1. The van der Waals surface area contributed by atoms with Gasteiger partial charge in [-0.3, -0.25) is 9.78 Å². The maximum Gasteiger partial charge on any atom is 0.253 e. The van der Waals surface area contributed by atoms with E-state index in [9.17, 15) is 4.79 Å². The van der Waals surface area contributed by atoms with Crippen LogP contribution in [-0.4, -0.2) is 53.4 Å².